The predicted molar refractivity (Wildman–Crippen MR) is 86.4 cm³/mol. The third-order valence-electron chi connectivity index (χ3n) is 3.91. The molecule has 1 fully saturated rings. The van der Waals surface area contributed by atoms with Crippen LogP contribution in [-0.4, -0.2) is 84.3 Å². The van der Waals surface area contributed by atoms with E-state index >= 15 is 0 Å². The lowest BCUT2D eigenvalue weighted by Gasteiger charge is -2.35. The molecule has 0 spiro atoms. The fourth-order valence-corrected chi connectivity index (χ4v) is 2.67. The molecule has 2 N–H and O–H groups in total. The number of hydrogen-bond acceptors (Lipinski definition) is 5. The van der Waals surface area contributed by atoms with Crippen LogP contribution in [0, 0.1) is 0 Å². The number of aliphatic carboxylic acids is 1. The number of hydrogen-bond donors (Lipinski definition) is 2. The Balaban J connectivity index is 1.94. The van der Waals surface area contributed by atoms with Crippen molar-refractivity contribution in [3.8, 4) is 0 Å². The summed E-state index contributed by atoms with van der Waals surface area (Å²) in [4.78, 5) is 28.9. The van der Waals surface area contributed by atoms with Crippen LogP contribution in [0.4, 0.5) is 5.69 Å². The molecule has 1 aliphatic rings. The fraction of sp³-hybridized carbons (Fsp3) is 0.500. The Kier molecular flexibility index (Phi) is 6.37. The number of nitrogens with zero attached hydrogens (tertiary/aromatic N) is 3. The average Bonchev–Trinajstić information content (AvgIpc) is 2.55. The summed E-state index contributed by atoms with van der Waals surface area (Å²) in [6, 6.07) is 9.10. The molecule has 1 aromatic carbocycles. The molecule has 7 nitrogen and oxygen atoms in total. The Morgan fingerprint density at radius 2 is 1.70 bits per heavy atom. The molecule has 23 heavy (non-hydrogen) atoms. The second-order valence-corrected chi connectivity index (χ2v) is 5.53. The van der Waals surface area contributed by atoms with E-state index in [1.165, 1.54) is 0 Å². The van der Waals surface area contributed by atoms with Crippen LogP contribution in [0.25, 0.3) is 0 Å². The normalized spacial score (nSPS) is 15.4. The summed E-state index contributed by atoms with van der Waals surface area (Å²) in [6.07, 6.45) is 0. The molecule has 0 aliphatic carbocycles. The number of amides is 1. The number of piperazine rings is 1. The summed E-state index contributed by atoms with van der Waals surface area (Å²) in [5.74, 6) is -1.03. The van der Waals surface area contributed by atoms with Crippen molar-refractivity contribution < 1.29 is 19.8 Å². The van der Waals surface area contributed by atoms with Crippen LogP contribution in [0.3, 0.4) is 0 Å². The van der Waals surface area contributed by atoms with E-state index < -0.39 is 5.97 Å². The predicted octanol–water partition coefficient (Wildman–Crippen LogP) is -0.286. The van der Waals surface area contributed by atoms with Crippen LogP contribution < -0.4 is 4.90 Å². The topological polar surface area (TPSA) is 84.3 Å². The molecular formula is C16H23N3O4. The third kappa shape index (κ3) is 5.22. The number of carboxylic acid groups (broad SMARTS) is 1. The highest BCUT2D eigenvalue weighted by Gasteiger charge is 2.23. The maximum Gasteiger partial charge on any atom is 0.323 e. The highest BCUT2D eigenvalue weighted by atomic mass is 16.4. The van der Waals surface area contributed by atoms with Gasteiger partial charge in [0, 0.05) is 38.4 Å². The number of para-hydroxylation sites is 1. The Morgan fingerprint density at radius 3 is 2.26 bits per heavy atom. The maximum atomic E-state index is 12.5. The van der Waals surface area contributed by atoms with E-state index in [2.05, 4.69) is 4.90 Å². The van der Waals surface area contributed by atoms with Crippen LogP contribution in [0.1, 0.15) is 0 Å². The zero-order chi connectivity index (χ0) is 16.7. The summed E-state index contributed by atoms with van der Waals surface area (Å²) >= 11 is 0. The largest absolute Gasteiger partial charge is 0.480 e. The quantitative estimate of drug-likeness (QED) is 0.718. The number of benzene rings is 1. The molecule has 0 radical (unpaired) electrons. The Morgan fingerprint density at radius 1 is 1.04 bits per heavy atom. The van der Waals surface area contributed by atoms with Gasteiger partial charge >= 0.3 is 5.97 Å². The standard InChI is InChI=1S/C16H23N3O4/c20-11-10-17-6-8-18(9-7-17)15(21)12-19(13-16(22)23)14-4-2-1-3-5-14/h1-5,20H,6-13H2,(H,22,23). The first-order chi connectivity index (χ1) is 11.1. The van der Waals surface area contributed by atoms with Gasteiger partial charge in [-0.05, 0) is 12.1 Å². The smallest absolute Gasteiger partial charge is 0.323 e. The van der Waals surface area contributed by atoms with Crippen molar-refractivity contribution >= 4 is 17.6 Å². The SMILES string of the molecule is O=C(O)CN(CC(=O)N1CCN(CCO)CC1)c1ccccc1. The molecule has 1 aliphatic heterocycles. The average molecular weight is 321 g/mol. The summed E-state index contributed by atoms with van der Waals surface area (Å²) in [5.41, 5.74) is 0.724. The monoisotopic (exact) mass is 321 g/mol. The minimum atomic E-state index is -0.964. The molecule has 1 saturated heterocycles. The maximum absolute atomic E-state index is 12.5. The molecule has 1 amide bonds. The second-order valence-electron chi connectivity index (χ2n) is 5.53. The van der Waals surface area contributed by atoms with E-state index in [1.807, 2.05) is 18.2 Å². The van der Waals surface area contributed by atoms with Crippen molar-refractivity contribution in [1.82, 2.24) is 9.80 Å². The molecule has 0 atom stereocenters. The van der Waals surface area contributed by atoms with Gasteiger partial charge in [-0.2, -0.15) is 0 Å². The van der Waals surface area contributed by atoms with Crippen molar-refractivity contribution in [3.63, 3.8) is 0 Å². The lowest BCUT2D eigenvalue weighted by molar-refractivity contribution is -0.135. The molecular weight excluding hydrogens is 298 g/mol. The number of carbonyl (C=O) groups excluding carboxylic acids is 1. The first-order valence-corrected chi connectivity index (χ1v) is 7.73. The molecule has 2 rings (SSSR count). The summed E-state index contributed by atoms with van der Waals surface area (Å²) in [7, 11) is 0. The van der Waals surface area contributed by atoms with Crippen molar-refractivity contribution in [2.45, 2.75) is 0 Å². The highest BCUT2D eigenvalue weighted by Crippen LogP contribution is 2.13. The Labute approximate surface area is 135 Å². The molecule has 0 saturated carbocycles. The van der Waals surface area contributed by atoms with Crippen LogP contribution in [0.15, 0.2) is 30.3 Å². The highest BCUT2D eigenvalue weighted by molar-refractivity contribution is 5.84. The van der Waals surface area contributed by atoms with Gasteiger partial charge in [-0.15, -0.1) is 0 Å². The van der Waals surface area contributed by atoms with E-state index in [4.69, 9.17) is 10.2 Å². The second kappa shape index (κ2) is 8.50. The molecule has 126 valence electrons. The van der Waals surface area contributed by atoms with Gasteiger partial charge in [-0.25, -0.2) is 0 Å². The van der Waals surface area contributed by atoms with Crippen LogP contribution in [-0.2, 0) is 9.59 Å². The zero-order valence-corrected chi connectivity index (χ0v) is 13.1. The van der Waals surface area contributed by atoms with Crippen LogP contribution in [0.2, 0.25) is 0 Å². The van der Waals surface area contributed by atoms with Gasteiger partial charge < -0.3 is 20.0 Å². The van der Waals surface area contributed by atoms with E-state index in [-0.39, 0.29) is 25.6 Å². The number of anilines is 1. The molecule has 7 heteroatoms. The summed E-state index contributed by atoms with van der Waals surface area (Å²) < 4.78 is 0. The van der Waals surface area contributed by atoms with Gasteiger partial charge in [-0.1, -0.05) is 18.2 Å². The minimum Gasteiger partial charge on any atom is -0.480 e. The molecule has 0 unspecified atom stereocenters. The van der Waals surface area contributed by atoms with Gasteiger partial charge in [0.2, 0.25) is 5.91 Å². The molecule has 1 heterocycles. The van der Waals surface area contributed by atoms with E-state index in [0.717, 1.165) is 18.8 Å². The van der Waals surface area contributed by atoms with Gasteiger partial charge in [0.1, 0.15) is 6.54 Å². The van der Waals surface area contributed by atoms with Crippen molar-refractivity contribution in [2.24, 2.45) is 0 Å². The minimum absolute atomic E-state index is 0.0519. The van der Waals surface area contributed by atoms with Crippen molar-refractivity contribution in [1.29, 1.82) is 0 Å². The Hall–Kier alpha value is -2.12. The molecule has 0 bridgehead atoms. The fourth-order valence-electron chi connectivity index (χ4n) is 2.67. The number of aliphatic hydroxyl groups excluding tert-OH is 1. The zero-order valence-electron chi connectivity index (χ0n) is 13.1. The number of aliphatic hydroxyl groups is 1. The van der Waals surface area contributed by atoms with Gasteiger partial charge in [-0.3, -0.25) is 14.5 Å². The Bertz CT molecular complexity index is 515. The van der Waals surface area contributed by atoms with E-state index in [9.17, 15) is 9.59 Å². The summed E-state index contributed by atoms with van der Waals surface area (Å²) in [5, 5.41) is 18.0. The van der Waals surface area contributed by atoms with Crippen LogP contribution >= 0.6 is 0 Å². The van der Waals surface area contributed by atoms with E-state index in [0.29, 0.717) is 19.6 Å². The molecule has 0 aromatic heterocycles. The first-order valence-electron chi connectivity index (χ1n) is 7.73. The number of rotatable bonds is 7. The third-order valence-corrected chi connectivity index (χ3v) is 3.91. The number of β-amino-alcohol motifs (C(OH)–C–C–N with tert-alkyl or cyclic N) is 1. The first kappa shape index (κ1) is 17.2. The van der Waals surface area contributed by atoms with E-state index in [1.54, 1.807) is 21.9 Å². The van der Waals surface area contributed by atoms with Gasteiger partial charge in [0.05, 0.1) is 13.2 Å². The molecule has 1 aromatic rings. The van der Waals surface area contributed by atoms with Crippen molar-refractivity contribution in [3.05, 3.63) is 30.3 Å². The summed E-state index contributed by atoms with van der Waals surface area (Å²) in [6.45, 7) is 3.26. The van der Waals surface area contributed by atoms with Gasteiger partial charge in [0.15, 0.2) is 0 Å². The number of carbonyl (C=O) groups is 2. The van der Waals surface area contributed by atoms with Gasteiger partial charge in [0.25, 0.3) is 0 Å². The lowest BCUT2D eigenvalue weighted by Crippen LogP contribution is -2.52. The van der Waals surface area contributed by atoms with Crippen LogP contribution in [0.5, 0.6) is 0 Å². The lowest BCUT2D eigenvalue weighted by atomic mass is 10.2. The van der Waals surface area contributed by atoms with Crippen molar-refractivity contribution in [2.75, 3.05) is 57.3 Å². The number of carboxylic acids is 1.